The number of hydrogen-bond acceptors (Lipinski definition) is 4. The van der Waals surface area contributed by atoms with E-state index in [4.69, 9.17) is 0 Å². The minimum atomic E-state index is -3.34. The number of thiophene rings is 1. The van der Waals surface area contributed by atoms with Crippen LogP contribution in [0, 0.1) is 0 Å². The molecule has 1 N–H and O–H groups in total. The average molecular weight is 329 g/mol. The van der Waals surface area contributed by atoms with Gasteiger partial charge in [0.25, 0.3) is 0 Å². The van der Waals surface area contributed by atoms with Crippen LogP contribution in [-0.4, -0.2) is 30.8 Å². The molecule has 0 radical (unpaired) electrons. The number of hydrogen-bond donors (Lipinski definition) is 1. The SMILES string of the molecule is CCC1CCC(C)N1S(=O)(=O)c1csc(CNC2CC2)c1. The molecule has 1 aromatic rings. The highest BCUT2D eigenvalue weighted by atomic mass is 32.2. The topological polar surface area (TPSA) is 49.4 Å². The van der Waals surface area contributed by atoms with E-state index in [1.54, 1.807) is 21.0 Å². The lowest BCUT2D eigenvalue weighted by atomic mass is 10.2. The Morgan fingerprint density at radius 2 is 2.10 bits per heavy atom. The fourth-order valence-electron chi connectivity index (χ4n) is 3.11. The molecule has 2 unspecified atom stereocenters. The van der Waals surface area contributed by atoms with Crippen LogP contribution in [0.2, 0.25) is 0 Å². The highest BCUT2D eigenvalue weighted by Crippen LogP contribution is 2.34. The largest absolute Gasteiger partial charge is 0.309 e. The number of sulfonamides is 1. The lowest BCUT2D eigenvalue weighted by Crippen LogP contribution is -2.39. The summed E-state index contributed by atoms with van der Waals surface area (Å²) in [5.41, 5.74) is 0. The Morgan fingerprint density at radius 1 is 1.33 bits per heavy atom. The smallest absolute Gasteiger partial charge is 0.244 e. The van der Waals surface area contributed by atoms with Gasteiger partial charge in [0.2, 0.25) is 10.0 Å². The van der Waals surface area contributed by atoms with E-state index in [1.165, 1.54) is 12.8 Å². The molecule has 2 heterocycles. The Labute approximate surface area is 131 Å². The molecule has 21 heavy (non-hydrogen) atoms. The molecule has 2 aliphatic rings. The second-order valence-corrected chi connectivity index (χ2v) is 9.07. The predicted molar refractivity (Wildman–Crippen MR) is 86.0 cm³/mol. The van der Waals surface area contributed by atoms with Crippen LogP contribution in [0.15, 0.2) is 16.3 Å². The zero-order chi connectivity index (χ0) is 15.0. The minimum Gasteiger partial charge on any atom is -0.309 e. The summed E-state index contributed by atoms with van der Waals surface area (Å²) in [7, 11) is -3.34. The van der Waals surface area contributed by atoms with Crippen molar-refractivity contribution in [2.45, 2.75) is 75.5 Å². The molecular formula is C15H24N2O2S2. The van der Waals surface area contributed by atoms with Crippen molar-refractivity contribution in [3.63, 3.8) is 0 Å². The van der Waals surface area contributed by atoms with E-state index in [0.29, 0.717) is 10.9 Å². The first-order valence-corrected chi connectivity index (χ1v) is 10.2. The third kappa shape index (κ3) is 3.18. The Bertz CT molecular complexity index is 593. The van der Waals surface area contributed by atoms with Gasteiger partial charge < -0.3 is 5.32 Å². The minimum absolute atomic E-state index is 0.118. The number of nitrogens with zero attached hydrogens (tertiary/aromatic N) is 1. The van der Waals surface area contributed by atoms with E-state index in [2.05, 4.69) is 12.2 Å². The van der Waals surface area contributed by atoms with Gasteiger partial charge in [-0.2, -0.15) is 4.31 Å². The second kappa shape index (κ2) is 5.99. The Kier molecular flexibility index (Phi) is 4.41. The number of nitrogens with one attached hydrogen (secondary N) is 1. The van der Waals surface area contributed by atoms with E-state index in [1.807, 2.05) is 13.0 Å². The maximum Gasteiger partial charge on any atom is 0.244 e. The first kappa shape index (κ1) is 15.5. The predicted octanol–water partition coefficient (Wildman–Crippen LogP) is 2.95. The molecule has 6 heteroatoms. The van der Waals surface area contributed by atoms with E-state index in [9.17, 15) is 8.42 Å². The van der Waals surface area contributed by atoms with Gasteiger partial charge in [-0.1, -0.05) is 6.92 Å². The monoisotopic (exact) mass is 328 g/mol. The van der Waals surface area contributed by atoms with E-state index in [0.717, 1.165) is 30.7 Å². The zero-order valence-corrected chi connectivity index (χ0v) is 14.3. The van der Waals surface area contributed by atoms with Crippen molar-refractivity contribution < 1.29 is 8.42 Å². The molecule has 4 nitrogen and oxygen atoms in total. The van der Waals surface area contributed by atoms with Gasteiger partial charge in [-0.25, -0.2) is 8.42 Å². The lowest BCUT2D eigenvalue weighted by molar-refractivity contribution is 0.329. The van der Waals surface area contributed by atoms with Gasteiger partial charge in [0, 0.05) is 34.9 Å². The van der Waals surface area contributed by atoms with Gasteiger partial charge >= 0.3 is 0 Å². The first-order valence-electron chi connectivity index (χ1n) is 7.86. The van der Waals surface area contributed by atoms with Gasteiger partial charge in [-0.3, -0.25) is 0 Å². The van der Waals surface area contributed by atoms with Crippen LogP contribution in [0.5, 0.6) is 0 Å². The molecule has 0 spiro atoms. The van der Waals surface area contributed by atoms with E-state index < -0.39 is 10.0 Å². The second-order valence-electron chi connectivity index (χ2n) is 6.23. The molecule has 1 saturated carbocycles. The summed E-state index contributed by atoms with van der Waals surface area (Å²) in [4.78, 5) is 1.59. The average Bonchev–Trinajstić information content (AvgIpc) is 3.00. The maximum absolute atomic E-state index is 12.9. The van der Waals surface area contributed by atoms with Crippen molar-refractivity contribution in [3.8, 4) is 0 Å². The molecule has 1 aliphatic heterocycles. The molecule has 1 saturated heterocycles. The fraction of sp³-hybridized carbons (Fsp3) is 0.733. The van der Waals surface area contributed by atoms with Crippen molar-refractivity contribution in [3.05, 3.63) is 16.3 Å². The molecule has 2 fully saturated rings. The normalized spacial score (nSPS) is 27.3. The lowest BCUT2D eigenvalue weighted by Gasteiger charge is -2.26. The Hall–Kier alpha value is -0.430. The summed E-state index contributed by atoms with van der Waals surface area (Å²) >= 11 is 1.55. The quantitative estimate of drug-likeness (QED) is 0.873. The van der Waals surface area contributed by atoms with Crippen LogP contribution in [0.1, 0.15) is 50.8 Å². The van der Waals surface area contributed by atoms with Crippen molar-refractivity contribution in [2.24, 2.45) is 0 Å². The van der Waals surface area contributed by atoms with Crippen LogP contribution in [0.25, 0.3) is 0 Å². The van der Waals surface area contributed by atoms with Crippen LogP contribution in [0.4, 0.5) is 0 Å². The summed E-state index contributed by atoms with van der Waals surface area (Å²) in [5, 5.41) is 5.24. The van der Waals surface area contributed by atoms with Gasteiger partial charge in [0.1, 0.15) is 0 Å². The fourth-order valence-corrected chi connectivity index (χ4v) is 6.27. The molecule has 1 aliphatic carbocycles. The van der Waals surface area contributed by atoms with Gasteiger partial charge in [0.15, 0.2) is 0 Å². The van der Waals surface area contributed by atoms with Crippen LogP contribution >= 0.6 is 11.3 Å². The molecule has 2 atom stereocenters. The van der Waals surface area contributed by atoms with Gasteiger partial charge in [0.05, 0.1) is 4.90 Å². The molecule has 0 aromatic carbocycles. The highest BCUT2D eigenvalue weighted by molar-refractivity contribution is 7.89. The summed E-state index contributed by atoms with van der Waals surface area (Å²) in [5.74, 6) is 0. The van der Waals surface area contributed by atoms with Crippen molar-refractivity contribution in [1.29, 1.82) is 0 Å². The molecular weight excluding hydrogens is 304 g/mol. The van der Waals surface area contributed by atoms with Crippen molar-refractivity contribution in [1.82, 2.24) is 9.62 Å². The third-order valence-electron chi connectivity index (χ3n) is 4.53. The summed E-state index contributed by atoms with van der Waals surface area (Å²) < 4.78 is 27.5. The first-order chi connectivity index (χ1) is 10.0. The summed E-state index contributed by atoms with van der Waals surface area (Å²) in [6.07, 6.45) is 5.35. The van der Waals surface area contributed by atoms with Crippen LogP contribution in [0.3, 0.4) is 0 Å². The van der Waals surface area contributed by atoms with E-state index >= 15 is 0 Å². The molecule has 1 aromatic heterocycles. The molecule has 0 bridgehead atoms. The number of rotatable bonds is 6. The Morgan fingerprint density at radius 3 is 2.76 bits per heavy atom. The zero-order valence-electron chi connectivity index (χ0n) is 12.7. The highest BCUT2D eigenvalue weighted by Gasteiger charge is 2.39. The summed E-state index contributed by atoms with van der Waals surface area (Å²) in [6, 6.07) is 2.79. The maximum atomic E-state index is 12.9. The van der Waals surface area contributed by atoms with Gasteiger partial charge in [-0.05, 0) is 45.1 Å². The van der Waals surface area contributed by atoms with Crippen molar-refractivity contribution >= 4 is 21.4 Å². The Balaban J connectivity index is 1.77. The van der Waals surface area contributed by atoms with E-state index in [-0.39, 0.29) is 12.1 Å². The molecule has 0 amide bonds. The summed E-state index contributed by atoms with van der Waals surface area (Å²) in [6.45, 7) is 4.89. The molecule has 118 valence electrons. The van der Waals surface area contributed by atoms with Crippen LogP contribution in [-0.2, 0) is 16.6 Å². The van der Waals surface area contributed by atoms with Gasteiger partial charge in [-0.15, -0.1) is 11.3 Å². The third-order valence-corrected chi connectivity index (χ3v) is 7.66. The van der Waals surface area contributed by atoms with Crippen LogP contribution < -0.4 is 5.32 Å². The standard InChI is InChI=1S/C15H24N2O2S2/c1-3-13-7-4-11(2)17(13)21(18,19)15-8-14(20-10-15)9-16-12-5-6-12/h8,10-13,16H,3-7,9H2,1-2H3. The van der Waals surface area contributed by atoms with Crippen molar-refractivity contribution in [2.75, 3.05) is 0 Å². The molecule has 3 rings (SSSR count).